The molecule has 2 unspecified atom stereocenters. The van der Waals surface area contributed by atoms with Gasteiger partial charge in [-0.25, -0.2) is 9.97 Å². The van der Waals surface area contributed by atoms with Gasteiger partial charge in [0.2, 0.25) is 5.91 Å². The fourth-order valence-electron chi connectivity index (χ4n) is 3.56. The van der Waals surface area contributed by atoms with E-state index in [0.717, 1.165) is 42.9 Å². The number of fused-ring (bicyclic) bond motifs is 1. The SMILES string of the molecule is CC1CN(C(=O)CCC#N)CC1CCN(C)c1ncnc2[nH]ccc12. The molecule has 1 aliphatic heterocycles. The van der Waals surface area contributed by atoms with Crippen molar-refractivity contribution < 1.29 is 4.79 Å². The van der Waals surface area contributed by atoms with Gasteiger partial charge < -0.3 is 14.8 Å². The van der Waals surface area contributed by atoms with Crippen LogP contribution in [0.25, 0.3) is 11.0 Å². The summed E-state index contributed by atoms with van der Waals surface area (Å²) in [6, 6.07) is 4.04. The summed E-state index contributed by atoms with van der Waals surface area (Å²) < 4.78 is 0. The summed E-state index contributed by atoms with van der Waals surface area (Å²) in [5.74, 6) is 2.00. The van der Waals surface area contributed by atoms with Gasteiger partial charge in [0.25, 0.3) is 0 Å². The fourth-order valence-corrected chi connectivity index (χ4v) is 3.56. The average Bonchev–Trinajstić information content (AvgIpc) is 3.23. The monoisotopic (exact) mass is 340 g/mol. The molecule has 0 aliphatic carbocycles. The minimum absolute atomic E-state index is 0.106. The fraction of sp³-hybridized carbons (Fsp3) is 0.556. The van der Waals surface area contributed by atoms with E-state index < -0.39 is 0 Å². The van der Waals surface area contributed by atoms with Gasteiger partial charge in [-0.05, 0) is 24.3 Å². The lowest BCUT2D eigenvalue weighted by molar-refractivity contribution is -0.130. The van der Waals surface area contributed by atoms with Crippen LogP contribution in [0, 0.1) is 23.2 Å². The molecule has 1 N–H and O–H groups in total. The predicted molar refractivity (Wildman–Crippen MR) is 95.9 cm³/mol. The maximum absolute atomic E-state index is 12.1. The summed E-state index contributed by atoms with van der Waals surface area (Å²) in [6.07, 6.45) is 5.11. The summed E-state index contributed by atoms with van der Waals surface area (Å²) in [6.45, 7) is 4.68. The maximum atomic E-state index is 12.1. The van der Waals surface area contributed by atoms with Gasteiger partial charge in [-0.2, -0.15) is 5.26 Å². The minimum atomic E-state index is 0.106. The lowest BCUT2D eigenvalue weighted by atomic mass is 9.94. The highest BCUT2D eigenvalue weighted by Crippen LogP contribution is 2.28. The number of carbonyl (C=O) groups excluding carboxylic acids is 1. The van der Waals surface area contributed by atoms with E-state index in [2.05, 4.69) is 26.8 Å². The average molecular weight is 340 g/mol. The van der Waals surface area contributed by atoms with E-state index in [1.54, 1.807) is 6.33 Å². The lowest BCUT2D eigenvalue weighted by Gasteiger charge is -2.22. The Bertz CT molecular complexity index is 779. The largest absolute Gasteiger partial charge is 0.359 e. The van der Waals surface area contributed by atoms with Crippen LogP contribution >= 0.6 is 0 Å². The standard InChI is InChI=1S/C18H24N6O/c1-13-10-24(16(25)4-3-7-19)11-14(13)6-9-23(2)18-15-5-8-20-17(15)21-12-22-18/h5,8,12-14H,3-4,6,9-11H2,1-2H3,(H,20,21,22). The topological polar surface area (TPSA) is 88.9 Å². The molecule has 2 aromatic rings. The molecule has 2 atom stereocenters. The van der Waals surface area contributed by atoms with Crippen molar-refractivity contribution in [2.24, 2.45) is 11.8 Å². The molecule has 7 nitrogen and oxygen atoms in total. The van der Waals surface area contributed by atoms with Crippen molar-refractivity contribution in [3.05, 3.63) is 18.6 Å². The van der Waals surface area contributed by atoms with Crippen molar-refractivity contribution in [1.29, 1.82) is 5.26 Å². The van der Waals surface area contributed by atoms with Gasteiger partial charge in [0, 0.05) is 45.7 Å². The third-order valence-electron chi connectivity index (χ3n) is 5.10. The number of aromatic nitrogens is 3. The Kier molecular flexibility index (Phi) is 5.17. The van der Waals surface area contributed by atoms with Gasteiger partial charge in [-0.3, -0.25) is 4.79 Å². The first-order valence-electron chi connectivity index (χ1n) is 8.74. The van der Waals surface area contributed by atoms with Gasteiger partial charge in [0.05, 0.1) is 11.5 Å². The van der Waals surface area contributed by atoms with Crippen LogP contribution in [-0.2, 0) is 4.79 Å². The van der Waals surface area contributed by atoms with E-state index in [1.165, 1.54) is 0 Å². The van der Waals surface area contributed by atoms with Crippen molar-refractivity contribution >= 4 is 22.8 Å². The number of H-pyrrole nitrogens is 1. The van der Waals surface area contributed by atoms with Crippen molar-refractivity contribution in [2.45, 2.75) is 26.2 Å². The van der Waals surface area contributed by atoms with Crippen molar-refractivity contribution in [2.75, 3.05) is 31.6 Å². The molecule has 25 heavy (non-hydrogen) atoms. The molecular weight excluding hydrogens is 316 g/mol. The molecule has 0 aromatic carbocycles. The highest BCUT2D eigenvalue weighted by atomic mass is 16.2. The second kappa shape index (κ2) is 7.51. The Morgan fingerprint density at radius 2 is 2.32 bits per heavy atom. The van der Waals surface area contributed by atoms with E-state index in [9.17, 15) is 4.79 Å². The number of nitrogens with one attached hydrogen (secondary N) is 1. The summed E-state index contributed by atoms with van der Waals surface area (Å²) in [5.41, 5.74) is 0.848. The molecule has 1 fully saturated rings. The molecule has 2 aromatic heterocycles. The Balaban J connectivity index is 1.57. The number of nitrogens with zero attached hydrogens (tertiary/aromatic N) is 5. The molecule has 132 valence electrons. The zero-order valence-corrected chi connectivity index (χ0v) is 14.8. The van der Waals surface area contributed by atoms with E-state index in [0.29, 0.717) is 24.7 Å². The number of aromatic amines is 1. The number of hydrogen-bond donors (Lipinski definition) is 1. The molecule has 1 saturated heterocycles. The zero-order chi connectivity index (χ0) is 17.8. The van der Waals surface area contributed by atoms with Crippen LogP contribution in [-0.4, -0.2) is 52.4 Å². The summed E-state index contributed by atoms with van der Waals surface area (Å²) in [4.78, 5) is 27.9. The first-order chi connectivity index (χ1) is 12.1. The molecular formula is C18H24N6O. The van der Waals surface area contributed by atoms with E-state index in [1.807, 2.05) is 30.3 Å². The number of carbonyl (C=O) groups is 1. The van der Waals surface area contributed by atoms with E-state index in [4.69, 9.17) is 5.26 Å². The summed E-state index contributed by atoms with van der Waals surface area (Å²) in [7, 11) is 2.05. The normalized spacial score (nSPS) is 20.0. The van der Waals surface area contributed by atoms with Crippen LogP contribution in [0.2, 0.25) is 0 Å². The van der Waals surface area contributed by atoms with Crippen LogP contribution in [0.4, 0.5) is 5.82 Å². The summed E-state index contributed by atoms with van der Waals surface area (Å²) in [5, 5.41) is 9.66. The van der Waals surface area contributed by atoms with Gasteiger partial charge in [-0.1, -0.05) is 6.92 Å². The predicted octanol–water partition coefficient (Wildman–Crippen LogP) is 2.18. The molecule has 0 saturated carbocycles. The second-order valence-corrected chi connectivity index (χ2v) is 6.84. The zero-order valence-electron chi connectivity index (χ0n) is 14.8. The number of amides is 1. The molecule has 3 rings (SSSR count). The number of rotatable bonds is 6. The van der Waals surface area contributed by atoms with Gasteiger partial charge in [0.1, 0.15) is 17.8 Å². The molecule has 0 radical (unpaired) electrons. The first-order valence-corrected chi connectivity index (χ1v) is 8.74. The van der Waals surface area contributed by atoms with Gasteiger partial charge >= 0.3 is 0 Å². The van der Waals surface area contributed by atoms with E-state index >= 15 is 0 Å². The van der Waals surface area contributed by atoms with Crippen LogP contribution in [0.1, 0.15) is 26.2 Å². The van der Waals surface area contributed by atoms with Crippen molar-refractivity contribution in [3.63, 3.8) is 0 Å². The van der Waals surface area contributed by atoms with Crippen LogP contribution < -0.4 is 4.90 Å². The van der Waals surface area contributed by atoms with Crippen LogP contribution in [0.3, 0.4) is 0 Å². The van der Waals surface area contributed by atoms with Crippen molar-refractivity contribution in [1.82, 2.24) is 19.9 Å². The first kappa shape index (κ1) is 17.2. The Morgan fingerprint density at radius 3 is 3.12 bits per heavy atom. The smallest absolute Gasteiger partial charge is 0.223 e. The molecule has 1 aliphatic rings. The number of nitriles is 1. The molecule has 0 bridgehead atoms. The molecule has 1 amide bonds. The molecule has 0 spiro atoms. The Hall–Kier alpha value is -2.62. The maximum Gasteiger partial charge on any atom is 0.223 e. The van der Waals surface area contributed by atoms with E-state index in [-0.39, 0.29) is 5.91 Å². The minimum Gasteiger partial charge on any atom is -0.359 e. The quantitative estimate of drug-likeness (QED) is 0.870. The summed E-state index contributed by atoms with van der Waals surface area (Å²) >= 11 is 0. The number of likely N-dealkylation sites (tertiary alicyclic amines) is 1. The number of anilines is 1. The highest BCUT2D eigenvalue weighted by molar-refractivity contribution is 5.87. The third-order valence-corrected chi connectivity index (χ3v) is 5.10. The molecule has 3 heterocycles. The second-order valence-electron chi connectivity index (χ2n) is 6.84. The highest BCUT2D eigenvalue weighted by Gasteiger charge is 2.32. The Morgan fingerprint density at radius 1 is 1.48 bits per heavy atom. The van der Waals surface area contributed by atoms with Gasteiger partial charge in [0.15, 0.2) is 0 Å². The Labute approximate surface area is 147 Å². The van der Waals surface area contributed by atoms with Gasteiger partial charge in [-0.15, -0.1) is 0 Å². The lowest BCUT2D eigenvalue weighted by Crippen LogP contribution is -2.29. The van der Waals surface area contributed by atoms with Crippen molar-refractivity contribution in [3.8, 4) is 6.07 Å². The third kappa shape index (κ3) is 3.73. The van der Waals surface area contributed by atoms with Crippen LogP contribution in [0.15, 0.2) is 18.6 Å². The van der Waals surface area contributed by atoms with Crippen LogP contribution in [0.5, 0.6) is 0 Å². The molecule has 7 heteroatoms. The number of hydrogen-bond acceptors (Lipinski definition) is 5.